The molecule has 0 aromatic heterocycles. The minimum absolute atomic E-state index is 0.0468. The van der Waals surface area contributed by atoms with Crippen LogP contribution in [0.1, 0.15) is 65.7 Å². The van der Waals surface area contributed by atoms with Crippen molar-refractivity contribution in [1.29, 1.82) is 0 Å². The lowest BCUT2D eigenvalue weighted by Gasteiger charge is -2.25. The Kier molecular flexibility index (Phi) is 6.26. The van der Waals surface area contributed by atoms with Gasteiger partial charge in [0.1, 0.15) is 0 Å². The van der Waals surface area contributed by atoms with Crippen molar-refractivity contribution in [2.45, 2.75) is 84.2 Å². The third-order valence-electron chi connectivity index (χ3n) is 2.90. The molecule has 0 bridgehead atoms. The summed E-state index contributed by atoms with van der Waals surface area (Å²) in [5.41, 5.74) is 0. The van der Waals surface area contributed by atoms with Gasteiger partial charge in [0.25, 0.3) is 0 Å². The van der Waals surface area contributed by atoms with E-state index < -0.39 is 0 Å². The van der Waals surface area contributed by atoms with Crippen molar-refractivity contribution in [2.24, 2.45) is 0 Å². The molecular weight excluding hydrogens is 188 g/mol. The van der Waals surface area contributed by atoms with E-state index in [9.17, 15) is 0 Å². The molecule has 2 nitrogen and oxygen atoms in total. The molecular formula is C13H26O2. The Morgan fingerprint density at radius 2 is 1.40 bits per heavy atom. The number of ether oxygens (including phenoxy) is 2. The molecule has 0 N–H and O–H groups in total. The third kappa shape index (κ3) is 6.16. The molecule has 0 spiro atoms. The average molecular weight is 214 g/mol. The van der Waals surface area contributed by atoms with Crippen LogP contribution in [0.5, 0.6) is 0 Å². The average Bonchev–Trinajstić information content (AvgIpc) is 2.08. The van der Waals surface area contributed by atoms with Gasteiger partial charge in [0.2, 0.25) is 0 Å². The maximum atomic E-state index is 5.92. The van der Waals surface area contributed by atoms with Crippen LogP contribution in [0.2, 0.25) is 0 Å². The van der Waals surface area contributed by atoms with Crippen LogP contribution in [0, 0.1) is 0 Å². The highest BCUT2D eigenvalue weighted by molar-refractivity contribution is 4.63. The van der Waals surface area contributed by atoms with Crippen LogP contribution in [0.4, 0.5) is 0 Å². The molecule has 15 heavy (non-hydrogen) atoms. The van der Waals surface area contributed by atoms with Gasteiger partial charge in [-0.1, -0.05) is 32.1 Å². The van der Waals surface area contributed by atoms with Crippen molar-refractivity contribution in [3.05, 3.63) is 0 Å². The molecule has 0 saturated heterocycles. The largest absolute Gasteiger partial charge is 0.350 e. The van der Waals surface area contributed by atoms with Gasteiger partial charge >= 0.3 is 0 Å². The van der Waals surface area contributed by atoms with E-state index in [1.165, 1.54) is 44.9 Å². The molecule has 0 amide bonds. The molecule has 1 atom stereocenters. The van der Waals surface area contributed by atoms with E-state index in [2.05, 4.69) is 13.8 Å². The van der Waals surface area contributed by atoms with Crippen LogP contribution in [0.25, 0.3) is 0 Å². The fraction of sp³-hybridized carbons (Fsp3) is 1.00. The number of rotatable bonds is 4. The Morgan fingerprint density at radius 1 is 0.867 bits per heavy atom. The summed E-state index contributed by atoms with van der Waals surface area (Å²) in [6, 6.07) is 0. The second-order valence-electron chi connectivity index (χ2n) is 4.86. The maximum absolute atomic E-state index is 5.92. The lowest BCUT2D eigenvalue weighted by Crippen LogP contribution is -2.25. The molecule has 90 valence electrons. The Morgan fingerprint density at radius 3 is 1.93 bits per heavy atom. The molecule has 0 aromatic carbocycles. The number of hydrogen-bond donors (Lipinski definition) is 0. The van der Waals surface area contributed by atoms with E-state index in [0.717, 1.165) is 0 Å². The highest BCUT2D eigenvalue weighted by Gasteiger charge is 2.15. The van der Waals surface area contributed by atoms with Gasteiger partial charge < -0.3 is 9.47 Å². The quantitative estimate of drug-likeness (QED) is 0.661. The van der Waals surface area contributed by atoms with Crippen LogP contribution in [-0.4, -0.2) is 18.5 Å². The topological polar surface area (TPSA) is 18.5 Å². The molecule has 2 heteroatoms. The first-order chi connectivity index (χ1) is 7.18. The van der Waals surface area contributed by atoms with Crippen LogP contribution in [0.15, 0.2) is 0 Å². The zero-order valence-electron chi connectivity index (χ0n) is 10.5. The number of hydrogen-bond acceptors (Lipinski definition) is 2. The van der Waals surface area contributed by atoms with Crippen molar-refractivity contribution in [1.82, 2.24) is 0 Å². The molecule has 0 heterocycles. The van der Waals surface area contributed by atoms with Gasteiger partial charge in [-0.3, -0.25) is 0 Å². The van der Waals surface area contributed by atoms with Crippen molar-refractivity contribution in [3.8, 4) is 0 Å². The van der Waals surface area contributed by atoms with Crippen molar-refractivity contribution in [2.75, 3.05) is 0 Å². The molecule has 1 fully saturated rings. The SMILES string of the molecule is CC(C)OC(C)OC1CCCCCCC1. The highest BCUT2D eigenvalue weighted by atomic mass is 16.7. The first-order valence-electron chi connectivity index (χ1n) is 6.49. The second kappa shape index (κ2) is 7.24. The van der Waals surface area contributed by atoms with E-state index in [0.29, 0.717) is 6.10 Å². The zero-order chi connectivity index (χ0) is 11.1. The fourth-order valence-corrected chi connectivity index (χ4v) is 2.24. The van der Waals surface area contributed by atoms with Gasteiger partial charge in [-0.2, -0.15) is 0 Å². The molecule has 1 aliphatic rings. The van der Waals surface area contributed by atoms with Gasteiger partial charge in [-0.15, -0.1) is 0 Å². The summed E-state index contributed by atoms with van der Waals surface area (Å²) in [5.74, 6) is 0. The Bertz CT molecular complexity index is 149. The normalized spacial score (nSPS) is 22.4. The second-order valence-corrected chi connectivity index (χ2v) is 4.86. The molecule has 0 aliphatic heterocycles. The summed E-state index contributed by atoms with van der Waals surface area (Å²) in [4.78, 5) is 0. The molecule has 1 saturated carbocycles. The van der Waals surface area contributed by atoms with Gasteiger partial charge in [0.15, 0.2) is 6.29 Å². The Balaban J connectivity index is 2.21. The minimum atomic E-state index is -0.0468. The Hall–Kier alpha value is -0.0800. The van der Waals surface area contributed by atoms with Crippen LogP contribution in [0.3, 0.4) is 0 Å². The summed E-state index contributed by atoms with van der Waals surface area (Å²) in [6.07, 6.45) is 9.86. The lowest BCUT2D eigenvalue weighted by atomic mass is 9.99. The van der Waals surface area contributed by atoms with E-state index in [1.54, 1.807) is 0 Å². The van der Waals surface area contributed by atoms with E-state index in [-0.39, 0.29) is 12.4 Å². The highest BCUT2D eigenvalue weighted by Crippen LogP contribution is 2.20. The molecule has 0 aromatic rings. The van der Waals surface area contributed by atoms with Gasteiger partial charge in [-0.05, 0) is 33.6 Å². The summed E-state index contributed by atoms with van der Waals surface area (Å²) >= 11 is 0. The fourth-order valence-electron chi connectivity index (χ4n) is 2.24. The smallest absolute Gasteiger partial charge is 0.155 e. The summed E-state index contributed by atoms with van der Waals surface area (Å²) in [5, 5.41) is 0. The van der Waals surface area contributed by atoms with Gasteiger partial charge in [-0.25, -0.2) is 0 Å². The van der Waals surface area contributed by atoms with Crippen molar-refractivity contribution in [3.63, 3.8) is 0 Å². The van der Waals surface area contributed by atoms with E-state index in [1.807, 2.05) is 6.92 Å². The van der Waals surface area contributed by atoms with Crippen LogP contribution in [-0.2, 0) is 9.47 Å². The molecule has 0 radical (unpaired) electrons. The van der Waals surface area contributed by atoms with Gasteiger partial charge in [0, 0.05) is 0 Å². The zero-order valence-corrected chi connectivity index (χ0v) is 10.5. The maximum Gasteiger partial charge on any atom is 0.155 e. The first-order valence-corrected chi connectivity index (χ1v) is 6.49. The monoisotopic (exact) mass is 214 g/mol. The van der Waals surface area contributed by atoms with Crippen molar-refractivity contribution >= 4 is 0 Å². The molecule has 1 unspecified atom stereocenters. The van der Waals surface area contributed by atoms with E-state index >= 15 is 0 Å². The first kappa shape index (κ1) is 13.0. The summed E-state index contributed by atoms with van der Waals surface area (Å²) in [6.45, 7) is 6.12. The van der Waals surface area contributed by atoms with Crippen molar-refractivity contribution < 1.29 is 9.47 Å². The van der Waals surface area contributed by atoms with Crippen LogP contribution >= 0.6 is 0 Å². The predicted molar refractivity (Wildman–Crippen MR) is 62.9 cm³/mol. The molecule has 1 rings (SSSR count). The predicted octanol–water partition coefficient (Wildman–Crippen LogP) is 3.89. The Labute approximate surface area is 94.3 Å². The van der Waals surface area contributed by atoms with Crippen LogP contribution < -0.4 is 0 Å². The lowest BCUT2D eigenvalue weighted by molar-refractivity contribution is -0.180. The van der Waals surface area contributed by atoms with Gasteiger partial charge in [0.05, 0.1) is 12.2 Å². The summed E-state index contributed by atoms with van der Waals surface area (Å²) in [7, 11) is 0. The molecule has 1 aliphatic carbocycles. The minimum Gasteiger partial charge on any atom is -0.350 e. The summed E-state index contributed by atoms with van der Waals surface area (Å²) < 4.78 is 11.5. The standard InChI is InChI=1S/C13H26O2/c1-11(2)14-12(3)15-13-9-7-5-4-6-8-10-13/h11-13H,4-10H2,1-3H3. The third-order valence-corrected chi connectivity index (χ3v) is 2.90. The van der Waals surface area contributed by atoms with E-state index in [4.69, 9.17) is 9.47 Å².